The van der Waals surface area contributed by atoms with Crippen molar-refractivity contribution in [3.8, 4) is 0 Å². The largest absolute Gasteiger partial charge is 0.354 e. The van der Waals surface area contributed by atoms with Gasteiger partial charge in [-0.3, -0.25) is 24.1 Å². The molecule has 3 rings (SSSR count). The standard InChI is InChI=1S/C26H30FN3O4/c1-3-4-15-28-24(32)18(2)30(17-19-10-5-8-13-22(19)27)23(31)14-9-16-29-25(33)20-11-6-7-12-21(20)26(29)34/h5-8,10-13,18H,3-4,9,14-17H2,1-2H3,(H,28,32)/t18-/m1/s1. The molecule has 0 saturated carbocycles. The zero-order valence-electron chi connectivity index (χ0n) is 19.6. The molecule has 2 aromatic rings. The number of nitrogens with zero attached hydrogens (tertiary/aromatic N) is 2. The summed E-state index contributed by atoms with van der Waals surface area (Å²) in [6.07, 6.45) is 1.99. The van der Waals surface area contributed by atoms with Crippen LogP contribution in [0.4, 0.5) is 4.39 Å². The van der Waals surface area contributed by atoms with Crippen LogP contribution in [0.5, 0.6) is 0 Å². The second-order valence-corrected chi connectivity index (χ2v) is 8.34. The SMILES string of the molecule is CCCCNC(=O)[C@@H](C)N(Cc1ccccc1F)C(=O)CCCN1C(=O)c2ccccc2C1=O. The van der Waals surface area contributed by atoms with Gasteiger partial charge < -0.3 is 10.2 Å². The van der Waals surface area contributed by atoms with E-state index in [9.17, 15) is 23.6 Å². The molecule has 1 aliphatic heterocycles. The number of carbonyl (C=O) groups is 4. The highest BCUT2D eigenvalue weighted by molar-refractivity contribution is 6.21. The van der Waals surface area contributed by atoms with E-state index in [-0.39, 0.29) is 49.6 Å². The second-order valence-electron chi connectivity index (χ2n) is 8.34. The Labute approximate surface area is 198 Å². The number of unbranched alkanes of at least 4 members (excludes halogenated alkanes) is 1. The Morgan fingerprint density at radius 3 is 2.24 bits per heavy atom. The molecular weight excluding hydrogens is 437 g/mol. The summed E-state index contributed by atoms with van der Waals surface area (Å²) in [4.78, 5) is 53.3. The van der Waals surface area contributed by atoms with Gasteiger partial charge in [0.2, 0.25) is 11.8 Å². The molecule has 0 saturated heterocycles. The van der Waals surface area contributed by atoms with Crippen LogP contribution in [0, 0.1) is 5.82 Å². The lowest BCUT2D eigenvalue weighted by Gasteiger charge is -2.29. The van der Waals surface area contributed by atoms with Crippen LogP contribution in [-0.2, 0) is 16.1 Å². The molecule has 2 aromatic carbocycles. The Kier molecular flexibility index (Phi) is 8.51. The molecule has 0 radical (unpaired) electrons. The number of halogens is 1. The molecule has 180 valence electrons. The first kappa shape index (κ1) is 25.1. The summed E-state index contributed by atoms with van der Waals surface area (Å²) in [5.74, 6) is -1.86. The van der Waals surface area contributed by atoms with Crippen LogP contribution < -0.4 is 5.32 Å². The molecule has 0 fully saturated rings. The van der Waals surface area contributed by atoms with Gasteiger partial charge in [0.05, 0.1) is 11.1 Å². The maximum atomic E-state index is 14.3. The quantitative estimate of drug-likeness (QED) is 0.405. The van der Waals surface area contributed by atoms with E-state index in [1.54, 1.807) is 49.4 Å². The molecule has 1 N–H and O–H groups in total. The normalized spacial score (nSPS) is 13.6. The summed E-state index contributed by atoms with van der Waals surface area (Å²) >= 11 is 0. The van der Waals surface area contributed by atoms with Crippen LogP contribution in [0.1, 0.15) is 65.8 Å². The highest BCUT2D eigenvalue weighted by Crippen LogP contribution is 2.23. The van der Waals surface area contributed by atoms with Crippen molar-refractivity contribution in [3.63, 3.8) is 0 Å². The van der Waals surface area contributed by atoms with Crippen molar-refractivity contribution in [2.75, 3.05) is 13.1 Å². The van der Waals surface area contributed by atoms with Crippen molar-refractivity contribution < 1.29 is 23.6 Å². The first-order valence-corrected chi connectivity index (χ1v) is 11.6. The maximum absolute atomic E-state index is 14.3. The molecular formula is C26H30FN3O4. The van der Waals surface area contributed by atoms with Gasteiger partial charge in [-0.25, -0.2) is 4.39 Å². The summed E-state index contributed by atoms with van der Waals surface area (Å²) in [7, 11) is 0. The lowest BCUT2D eigenvalue weighted by molar-refractivity contribution is -0.140. The van der Waals surface area contributed by atoms with Gasteiger partial charge in [0.1, 0.15) is 11.9 Å². The Balaban J connectivity index is 1.66. The minimum atomic E-state index is -0.803. The number of hydrogen-bond donors (Lipinski definition) is 1. The van der Waals surface area contributed by atoms with Crippen molar-refractivity contribution in [1.29, 1.82) is 0 Å². The summed E-state index contributed by atoms with van der Waals surface area (Å²) in [6.45, 7) is 4.16. The van der Waals surface area contributed by atoms with Crippen molar-refractivity contribution in [1.82, 2.24) is 15.1 Å². The number of fused-ring (bicyclic) bond motifs is 1. The van der Waals surface area contributed by atoms with E-state index in [0.29, 0.717) is 23.2 Å². The predicted octanol–water partition coefficient (Wildman–Crippen LogP) is 3.54. The van der Waals surface area contributed by atoms with E-state index in [1.165, 1.54) is 11.0 Å². The molecule has 1 aliphatic rings. The second kappa shape index (κ2) is 11.5. The zero-order chi connectivity index (χ0) is 24.7. The van der Waals surface area contributed by atoms with E-state index >= 15 is 0 Å². The van der Waals surface area contributed by atoms with Crippen molar-refractivity contribution in [2.45, 2.75) is 52.1 Å². The Bertz CT molecular complexity index is 1040. The van der Waals surface area contributed by atoms with Crippen LogP contribution in [0.15, 0.2) is 48.5 Å². The Hall–Kier alpha value is -3.55. The Morgan fingerprint density at radius 2 is 1.62 bits per heavy atom. The average molecular weight is 468 g/mol. The fraction of sp³-hybridized carbons (Fsp3) is 0.385. The number of imide groups is 1. The van der Waals surface area contributed by atoms with E-state index in [2.05, 4.69) is 5.32 Å². The first-order chi connectivity index (χ1) is 16.3. The zero-order valence-corrected chi connectivity index (χ0v) is 19.6. The van der Waals surface area contributed by atoms with Gasteiger partial charge in [-0.05, 0) is 38.0 Å². The van der Waals surface area contributed by atoms with Gasteiger partial charge in [-0.15, -0.1) is 0 Å². The molecule has 0 aliphatic carbocycles. The number of carbonyl (C=O) groups excluding carboxylic acids is 4. The van der Waals surface area contributed by atoms with Gasteiger partial charge in [0.25, 0.3) is 11.8 Å². The highest BCUT2D eigenvalue weighted by atomic mass is 19.1. The third-order valence-electron chi connectivity index (χ3n) is 5.95. The molecule has 0 unspecified atom stereocenters. The molecule has 7 nitrogen and oxygen atoms in total. The van der Waals surface area contributed by atoms with E-state index in [1.807, 2.05) is 6.92 Å². The van der Waals surface area contributed by atoms with E-state index in [4.69, 9.17) is 0 Å². The monoisotopic (exact) mass is 467 g/mol. The highest BCUT2D eigenvalue weighted by Gasteiger charge is 2.35. The first-order valence-electron chi connectivity index (χ1n) is 11.6. The summed E-state index contributed by atoms with van der Waals surface area (Å²) < 4.78 is 14.3. The Morgan fingerprint density at radius 1 is 1.00 bits per heavy atom. The lowest BCUT2D eigenvalue weighted by Crippen LogP contribution is -2.48. The van der Waals surface area contributed by atoms with Crippen molar-refractivity contribution >= 4 is 23.6 Å². The summed E-state index contributed by atoms with van der Waals surface area (Å²) in [5.41, 5.74) is 1.03. The van der Waals surface area contributed by atoms with Gasteiger partial charge in [-0.2, -0.15) is 0 Å². The number of amides is 4. The van der Waals surface area contributed by atoms with Gasteiger partial charge in [0.15, 0.2) is 0 Å². The smallest absolute Gasteiger partial charge is 0.261 e. The van der Waals surface area contributed by atoms with Crippen molar-refractivity contribution in [3.05, 3.63) is 71.0 Å². The lowest BCUT2D eigenvalue weighted by atomic mass is 10.1. The van der Waals surface area contributed by atoms with Gasteiger partial charge in [-0.1, -0.05) is 43.7 Å². The number of benzene rings is 2. The minimum absolute atomic E-state index is 0.00837. The predicted molar refractivity (Wildman–Crippen MR) is 125 cm³/mol. The van der Waals surface area contributed by atoms with Crippen LogP contribution in [-0.4, -0.2) is 52.6 Å². The summed E-state index contributed by atoms with van der Waals surface area (Å²) in [6, 6.07) is 11.9. The van der Waals surface area contributed by atoms with Gasteiger partial charge in [0, 0.05) is 31.6 Å². The number of rotatable bonds is 11. The van der Waals surface area contributed by atoms with Crippen molar-refractivity contribution in [2.24, 2.45) is 0 Å². The van der Waals surface area contributed by atoms with Crippen LogP contribution in [0.3, 0.4) is 0 Å². The van der Waals surface area contributed by atoms with Crippen LogP contribution >= 0.6 is 0 Å². The fourth-order valence-electron chi connectivity index (χ4n) is 3.90. The molecule has 0 aromatic heterocycles. The molecule has 0 spiro atoms. The molecule has 0 bridgehead atoms. The third kappa shape index (κ3) is 5.68. The van der Waals surface area contributed by atoms with E-state index in [0.717, 1.165) is 17.7 Å². The molecule has 8 heteroatoms. The average Bonchev–Trinajstić information content (AvgIpc) is 3.08. The maximum Gasteiger partial charge on any atom is 0.261 e. The number of hydrogen-bond acceptors (Lipinski definition) is 4. The molecule has 1 atom stereocenters. The van der Waals surface area contributed by atoms with Crippen LogP contribution in [0.2, 0.25) is 0 Å². The molecule has 4 amide bonds. The third-order valence-corrected chi connectivity index (χ3v) is 5.95. The molecule has 1 heterocycles. The van der Waals surface area contributed by atoms with Gasteiger partial charge >= 0.3 is 0 Å². The fourth-order valence-corrected chi connectivity index (χ4v) is 3.90. The van der Waals surface area contributed by atoms with E-state index < -0.39 is 11.9 Å². The number of nitrogens with one attached hydrogen (secondary N) is 1. The minimum Gasteiger partial charge on any atom is -0.354 e. The molecule has 34 heavy (non-hydrogen) atoms. The summed E-state index contributed by atoms with van der Waals surface area (Å²) in [5, 5.41) is 2.82. The van der Waals surface area contributed by atoms with Crippen LogP contribution in [0.25, 0.3) is 0 Å². The topological polar surface area (TPSA) is 86.8 Å².